The van der Waals surface area contributed by atoms with Gasteiger partial charge < -0.3 is 9.84 Å². The second-order valence-corrected chi connectivity index (χ2v) is 5.69. The average molecular weight is 297 g/mol. The van der Waals surface area contributed by atoms with Gasteiger partial charge >= 0.3 is 6.61 Å². The number of benzene rings is 1. The average Bonchev–Trinajstić information content (AvgIpc) is 2.28. The summed E-state index contributed by atoms with van der Waals surface area (Å²) in [4.78, 5) is 0. The minimum atomic E-state index is -2.86. The Morgan fingerprint density at radius 1 is 1.39 bits per heavy atom. The molecule has 0 aliphatic heterocycles. The molecular weight excluding hydrogens is 282 g/mol. The first kappa shape index (κ1) is 15.5. The van der Waals surface area contributed by atoms with Crippen molar-refractivity contribution in [3.63, 3.8) is 0 Å². The molecule has 0 aliphatic rings. The molecule has 2 unspecified atom stereocenters. The van der Waals surface area contributed by atoms with Gasteiger partial charge in [0.1, 0.15) is 5.75 Å². The van der Waals surface area contributed by atoms with E-state index in [0.29, 0.717) is 16.3 Å². The molecule has 102 valence electrons. The fraction of sp³-hybridized carbons (Fsp3) is 0.500. The Bertz CT molecular complexity index is 388. The molecule has 0 saturated carbocycles. The molecule has 6 heteroatoms. The molecule has 0 bridgehead atoms. The number of aliphatic hydroxyl groups is 1. The summed E-state index contributed by atoms with van der Waals surface area (Å²) in [5.74, 6) is 0.578. The van der Waals surface area contributed by atoms with E-state index in [-0.39, 0.29) is 11.0 Å². The van der Waals surface area contributed by atoms with E-state index in [1.54, 1.807) is 13.0 Å². The summed E-state index contributed by atoms with van der Waals surface area (Å²) >= 11 is 7.28. The van der Waals surface area contributed by atoms with Crippen molar-refractivity contribution in [1.29, 1.82) is 0 Å². The second-order valence-electron chi connectivity index (χ2n) is 3.89. The van der Waals surface area contributed by atoms with E-state index in [9.17, 15) is 13.9 Å². The number of ether oxygens (including phenoxy) is 1. The van der Waals surface area contributed by atoms with Gasteiger partial charge in [0, 0.05) is 21.6 Å². The van der Waals surface area contributed by atoms with Crippen molar-refractivity contribution in [2.24, 2.45) is 0 Å². The first-order chi connectivity index (χ1) is 8.40. The minimum Gasteiger partial charge on any atom is -0.435 e. The number of hydrogen-bond donors (Lipinski definition) is 1. The molecule has 1 rings (SSSR count). The van der Waals surface area contributed by atoms with Crippen LogP contribution in [0.3, 0.4) is 0 Å². The van der Waals surface area contributed by atoms with Crippen molar-refractivity contribution in [2.45, 2.75) is 37.6 Å². The number of halogens is 3. The van der Waals surface area contributed by atoms with E-state index < -0.39 is 12.7 Å². The maximum Gasteiger partial charge on any atom is 0.387 e. The van der Waals surface area contributed by atoms with Gasteiger partial charge in [-0.3, -0.25) is 0 Å². The van der Waals surface area contributed by atoms with Crippen LogP contribution in [-0.4, -0.2) is 23.1 Å². The fourth-order valence-electron chi connectivity index (χ4n) is 1.23. The quantitative estimate of drug-likeness (QED) is 0.862. The highest BCUT2D eigenvalue weighted by Crippen LogP contribution is 2.30. The topological polar surface area (TPSA) is 29.5 Å². The molecular formula is C12H15ClF2O2S. The molecule has 0 aromatic heterocycles. The third kappa shape index (κ3) is 5.00. The highest BCUT2D eigenvalue weighted by Gasteiger charge is 2.14. The Kier molecular flexibility index (Phi) is 6.18. The van der Waals surface area contributed by atoms with Crippen LogP contribution in [0.5, 0.6) is 5.75 Å². The molecule has 1 N–H and O–H groups in total. The molecule has 0 saturated heterocycles. The van der Waals surface area contributed by atoms with Crippen LogP contribution in [-0.2, 0) is 5.75 Å². The third-order valence-corrected chi connectivity index (χ3v) is 4.05. The maximum absolute atomic E-state index is 12.2. The highest BCUT2D eigenvalue weighted by atomic mass is 35.5. The standard InChI is InChI=1S/C12H15ClF2O2S/c1-7(16)8(2)18-6-9-5-10(13)3-4-11(9)17-12(14)15/h3-5,7-8,12,16H,6H2,1-2H3. The zero-order valence-electron chi connectivity index (χ0n) is 10.1. The number of aliphatic hydroxyl groups excluding tert-OH is 1. The van der Waals surface area contributed by atoms with Crippen LogP contribution >= 0.6 is 23.4 Å². The van der Waals surface area contributed by atoms with Gasteiger partial charge in [-0.25, -0.2) is 0 Å². The molecule has 0 spiro atoms. The van der Waals surface area contributed by atoms with Crippen molar-refractivity contribution in [3.8, 4) is 5.75 Å². The molecule has 18 heavy (non-hydrogen) atoms. The van der Waals surface area contributed by atoms with E-state index in [1.807, 2.05) is 6.92 Å². The molecule has 1 aromatic carbocycles. The predicted octanol–water partition coefficient (Wildman–Crippen LogP) is 3.94. The van der Waals surface area contributed by atoms with Gasteiger partial charge in [0.05, 0.1) is 6.10 Å². The first-order valence-corrected chi connectivity index (χ1v) is 6.85. The lowest BCUT2D eigenvalue weighted by Crippen LogP contribution is -2.15. The Hall–Kier alpha value is -0.520. The van der Waals surface area contributed by atoms with E-state index in [2.05, 4.69) is 4.74 Å². The molecule has 0 heterocycles. The molecule has 1 aromatic rings. The second kappa shape index (κ2) is 7.16. The summed E-state index contributed by atoms with van der Waals surface area (Å²) in [6, 6.07) is 4.53. The summed E-state index contributed by atoms with van der Waals surface area (Å²) in [6.45, 7) is 0.698. The van der Waals surface area contributed by atoms with E-state index in [0.717, 1.165) is 0 Å². The lowest BCUT2D eigenvalue weighted by molar-refractivity contribution is -0.0503. The minimum absolute atomic E-state index is 0.00313. The van der Waals surface area contributed by atoms with Crippen LogP contribution in [0.4, 0.5) is 8.78 Å². The van der Waals surface area contributed by atoms with Gasteiger partial charge in [-0.05, 0) is 25.1 Å². The molecule has 0 fully saturated rings. The molecule has 0 aliphatic carbocycles. The summed E-state index contributed by atoms with van der Waals surface area (Å²) in [6.07, 6.45) is -0.464. The Morgan fingerprint density at radius 2 is 2.06 bits per heavy atom. The van der Waals surface area contributed by atoms with E-state index in [4.69, 9.17) is 11.6 Å². The zero-order valence-corrected chi connectivity index (χ0v) is 11.6. The van der Waals surface area contributed by atoms with Crippen LogP contribution in [0.15, 0.2) is 18.2 Å². The normalized spacial score (nSPS) is 14.6. The molecule has 2 atom stereocenters. The van der Waals surface area contributed by atoms with Gasteiger partial charge in [-0.15, -0.1) is 0 Å². The van der Waals surface area contributed by atoms with E-state index in [1.165, 1.54) is 23.9 Å². The van der Waals surface area contributed by atoms with Crippen molar-refractivity contribution in [2.75, 3.05) is 0 Å². The largest absolute Gasteiger partial charge is 0.435 e. The summed E-state index contributed by atoms with van der Waals surface area (Å²) < 4.78 is 28.9. The Morgan fingerprint density at radius 3 is 2.61 bits per heavy atom. The van der Waals surface area contributed by atoms with Crippen LogP contribution in [0, 0.1) is 0 Å². The van der Waals surface area contributed by atoms with Gasteiger partial charge in [-0.2, -0.15) is 20.5 Å². The van der Waals surface area contributed by atoms with Crippen LogP contribution < -0.4 is 4.74 Å². The molecule has 0 amide bonds. The van der Waals surface area contributed by atoms with Gasteiger partial charge in [0.25, 0.3) is 0 Å². The Balaban J connectivity index is 2.75. The zero-order chi connectivity index (χ0) is 13.7. The smallest absolute Gasteiger partial charge is 0.387 e. The first-order valence-electron chi connectivity index (χ1n) is 5.43. The molecule has 0 radical (unpaired) electrons. The number of hydrogen-bond acceptors (Lipinski definition) is 3. The van der Waals surface area contributed by atoms with Crippen molar-refractivity contribution in [1.82, 2.24) is 0 Å². The maximum atomic E-state index is 12.2. The van der Waals surface area contributed by atoms with Gasteiger partial charge in [0.2, 0.25) is 0 Å². The Labute approximate surface area is 114 Å². The number of rotatable bonds is 6. The van der Waals surface area contributed by atoms with Crippen LogP contribution in [0.2, 0.25) is 5.02 Å². The SMILES string of the molecule is CC(O)C(C)SCc1cc(Cl)ccc1OC(F)F. The van der Waals surface area contributed by atoms with Gasteiger partial charge in [-0.1, -0.05) is 18.5 Å². The third-order valence-electron chi connectivity index (χ3n) is 2.42. The van der Waals surface area contributed by atoms with Crippen molar-refractivity contribution < 1.29 is 18.6 Å². The monoisotopic (exact) mass is 296 g/mol. The fourth-order valence-corrected chi connectivity index (χ4v) is 2.37. The van der Waals surface area contributed by atoms with Crippen LogP contribution in [0.1, 0.15) is 19.4 Å². The predicted molar refractivity (Wildman–Crippen MR) is 70.5 cm³/mol. The number of alkyl halides is 2. The van der Waals surface area contributed by atoms with Crippen molar-refractivity contribution >= 4 is 23.4 Å². The lowest BCUT2D eigenvalue weighted by Gasteiger charge is -2.16. The van der Waals surface area contributed by atoms with Crippen LogP contribution in [0.25, 0.3) is 0 Å². The van der Waals surface area contributed by atoms with Gasteiger partial charge in [0.15, 0.2) is 0 Å². The molecule has 2 nitrogen and oxygen atoms in total. The summed E-state index contributed by atoms with van der Waals surface area (Å²) in [7, 11) is 0. The van der Waals surface area contributed by atoms with Crippen molar-refractivity contribution in [3.05, 3.63) is 28.8 Å². The highest BCUT2D eigenvalue weighted by molar-refractivity contribution is 7.99. The lowest BCUT2D eigenvalue weighted by atomic mass is 10.2. The van der Waals surface area contributed by atoms with E-state index >= 15 is 0 Å². The number of thioether (sulfide) groups is 1. The summed E-state index contributed by atoms with van der Waals surface area (Å²) in [5, 5.41) is 9.84. The summed E-state index contributed by atoms with van der Waals surface area (Å²) in [5.41, 5.74) is 0.598.